The molecule has 112 valence electrons. The summed E-state index contributed by atoms with van der Waals surface area (Å²) in [4.78, 5) is 14.1. The van der Waals surface area contributed by atoms with E-state index in [9.17, 15) is 4.79 Å². The van der Waals surface area contributed by atoms with E-state index in [-0.39, 0.29) is 34.4 Å². The van der Waals surface area contributed by atoms with Crippen molar-refractivity contribution in [2.45, 2.75) is 18.8 Å². The summed E-state index contributed by atoms with van der Waals surface area (Å²) < 4.78 is 94.8. The monoisotopic (exact) mass is 298 g/mol. The Labute approximate surface area is 139 Å². The van der Waals surface area contributed by atoms with Crippen molar-refractivity contribution in [3.05, 3.63) is 35.4 Å². The van der Waals surface area contributed by atoms with Gasteiger partial charge in [-0.15, -0.1) is 0 Å². The predicted molar refractivity (Wildman–Crippen MR) is 82.5 cm³/mol. The van der Waals surface area contributed by atoms with Crippen LogP contribution in [0.15, 0.2) is 24.3 Å². The molecule has 5 nitrogen and oxygen atoms in total. The highest BCUT2D eigenvalue weighted by Gasteiger charge is 2.22. The number of likely N-dealkylation sites (N-methyl/N-ethyl adjacent to an activating group) is 1. The van der Waals surface area contributed by atoms with E-state index in [0.29, 0.717) is 11.5 Å². The van der Waals surface area contributed by atoms with Gasteiger partial charge in [-0.2, -0.15) is 0 Å². The summed E-state index contributed by atoms with van der Waals surface area (Å²) >= 11 is 0. The van der Waals surface area contributed by atoms with Gasteiger partial charge < -0.3 is 19.9 Å². The number of carbonyl (C=O) groups excluding carboxylic acids is 1. The van der Waals surface area contributed by atoms with Crippen LogP contribution in [0.4, 0.5) is 4.79 Å². The molecule has 1 saturated heterocycles. The van der Waals surface area contributed by atoms with Crippen molar-refractivity contribution in [1.29, 1.82) is 0 Å². The highest BCUT2D eigenvalue weighted by molar-refractivity contribution is 5.84. The number of rotatable bonds is 5. The van der Waals surface area contributed by atoms with Crippen LogP contribution in [-0.4, -0.2) is 49.2 Å². The van der Waals surface area contributed by atoms with Gasteiger partial charge in [0.2, 0.25) is 0 Å². The summed E-state index contributed by atoms with van der Waals surface area (Å²) in [6.07, 6.45) is -5.15. The molecule has 0 radical (unpaired) electrons. The molecule has 0 aliphatic carbocycles. The molecular weight excluding hydrogens is 266 g/mol. The fourth-order valence-electron chi connectivity index (χ4n) is 1.86. The first-order valence-electron chi connectivity index (χ1n) is 11.7. The SMILES string of the molecule is [2H]c1c(C([2H])([2H])[C@]2([2H])N([2H])C(=O)OC2([2H])[2H])c([2H])c2c(CCN(C)C)c([2H])n([2H])c2c1[2H]. The van der Waals surface area contributed by atoms with Gasteiger partial charge in [-0.3, -0.25) is 0 Å². The molecule has 0 spiro atoms. The summed E-state index contributed by atoms with van der Waals surface area (Å²) in [6, 6.07) is -5.66. The number of H-pyrrole nitrogens is 1. The molecule has 1 aliphatic rings. The lowest BCUT2D eigenvalue weighted by molar-refractivity contribution is 0.177. The summed E-state index contributed by atoms with van der Waals surface area (Å²) in [6.45, 7) is -2.92. The number of hydrogen-bond donors (Lipinski definition) is 2. The minimum atomic E-state index is -3.35. The third kappa shape index (κ3) is 3.19. The summed E-state index contributed by atoms with van der Waals surface area (Å²) in [5.41, 5.74) is -1.01. The lowest BCUT2D eigenvalue weighted by Crippen LogP contribution is -2.28. The number of aromatic nitrogens is 1. The Morgan fingerprint density at radius 2 is 2.52 bits per heavy atom. The van der Waals surface area contributed by atoms with Crippen molar-refractivity contribution < 1.29 is 24.7 Å². The molecule has 1 aliphatic heterocycles. The van der Waals surface area contributed by atoms with Gasteiger partial charge in [-0.25, -0.2) is 4.79 Å². The molecule has 1 amide bonds. The number of aromatic amines is 1. The number of nitrogens with zero attached hydrogens (tertiary/aromatic N) is 1. The van der Waals surface area contributed by atoms with Crippen LogP contribution in [0.2, 0.25) is 2.82 Å². The number of cyclic esters (lactones) is 1. The van der Waals surface area contributed by atoms with Crippen molar-refractivity contribution >= 4 is 17.0 Å². The Morgan fingerprint density at radius 1 is 1.67 bits per heavy atom. The molecule has 0 unspecified atom stereocenters. The maximum atomic E-state index is 11.8. The quantitative estimate of drug-likeness (QED) is 0.887. The molecule has 1 aromatic heterocycles. The first kappa shape index (κ1) is 6.01. The second kappa shape index (κ2) is 5.77. The molecular formula is C16H21N3O2. The highest BCUT2D eigenvalue weighted by Crippen LogP contribution is 2.21. The fourth-order valence-corrected chi connectivity index (χ4v) is 1.86. The van der Waals surface area contributed by atoms with E-state index in [1.165, 1.54) is 0 Å². The number of hydrogen-bond acceptors (Lipinski definition) is 3. The van der Waals surface area contributed by atoms with Crippen LogP contribution in [0.5, 0.6) is 0 Å². The molecule has 1 aromatic carbocycles. The van der Waals surface area contributed by atoms with Crippen molar-refractivity contribution in [3.63, 3.8) is 0 Å². The molecule has 0 saturated carbocycles. The first-order chi connectivity index (χ1) is 14.5. The zero-order chi connectivity index (χ0) is 24.5. The number of ether oxygens (including phenoxy) is 1. The van der Waals surface area contributed by atoms with Crippen molar-refractivity contribution in [1.82, 2.24) is 15.2 Å². The third-order valence-corrected chi connectivity index (χ3v) is 2.89. The zero-order valence-corrected chi connectivity index (χ0v) is 11.6. The van der Waals surface area contributed by atoms with E-state index in [0.717, 1.165) is 0 Å². The topological polar surface area (TPSA) is 57.4 Å². The normalized spacial score (nSPS) is 32.8. The second-order valence-corrected chi connectivity index (χ2v) is 4.78. The first-order valence-corrected chi connectivity index (χ1v) is 6.32. The van der Waals surface area contributed by atoms with E-state index in [1.54, 1.807) is 19.0 Å². The molecule has 3 rings (SSSR count). The van der Waals surface area contributed by atoms with E-state index in [2.05, 4.69) is 4.74 Å². The van der Waals surface area contributed by atoms with Gasteiger partial charge in [-0.1, -0.05) is 6.04 Å². The van der Waals surface area contributed by atoms with Gasteiger partial charge in [-0.05, 0) is 50.1 Å². The lowest BCUT2D eigenvalue weighted by Gasteiger charge is -2.09. The van der Waals surface area contributed by atoms with Crippen LogP contribution < -0.4 is 5.31 Å². The van der Waals surface area contributed by atoms with Crippen LogP contribution in [0.25, 0.3) is 10.9 Å². The van der Waals surface area contributed by atoms with Gasteiger partial charge in [0.15, 0.2) is 2.82 Å². The van der Waals surface area contributed by atoms with Crippen LogP contribution in [0, 0.1) is 0 Å². The van der Waals surface area contributed by atoms with Crippen LogP contribution in [0.3, 0.4) is 0 Å². The maximum absolute atomic E-state index is 11.8. The van der Waals surface area contributed by atoms with E-state index >= 15 is 0 Å². The number of amides is 1. The van der Waals surface area contributed by atoms with Gasteiger partial charge in [0.05, 0.1) is 15.6 Å². The van der Waals surface area contributed by atoms with E-state index in [1.807, 2.05) is 0 Å². The van der Waals surface area contributed by atoms with Gasteiger partial charge in [0, 0.05) is 26.4 Å². The van der Waals surface area contributed by atoms with Crippen LogP contribution >= 0.6 is 0 Å². The van der Waals surface area contributed by atoms with Gasteiger partial charge in [0.25, 0.3) is 0 Å². The Balaban J connectivity index is 2.39. The fraction of sp³-hybridized carbons (Fsp3) is 0.438. The number of nitrogens with one attached hydrogen (secondary N) is 2. The Kier molecular flexibility index (Phi) is 1.65. The Hall–Kier alpha value is -2.01. The minimum Gasteiger partial charge on any atom is -0.447 e. The number of carbonyl (C=O) groups is 1. The van der Waals surface area contributed by atoms with Crippen molar-refractivity contribution in [2.24, 2.45) is 0 Å². The molecule has 5 heteroatoms. The molecule has 0 bridgehead atoms. The Bertz CT molecular complexity index is 1120. The second-order valence-electron chi connectivity index (χ2n) is 4.78. The van der Waals surface area contributed by atoms with Crippen LogP contribution in [-0.2, 0) is 17.5 Å². The van der Waals surface area contributed by atoms with Crippen LogP contribution in [0.1, 0.15) is 23.5 Å². The zero-order valence-electron chi connectivity index (χ0n) is 22.6. The molecule has 1 atom stereocenters. The highest BCUT2D eigenvalue weighted by atomic mass is 16.6. The maximum Gasteiger partial charge on any atom is 0.407 e. The summed E-state index contributed by atoms with van der Waals surface area (Å²) in [5.74, 6) is 0. The largest absolute Gasteiger partial charge is 0.447 e. The minimum absolute atomic E-state index is 0.141. The molecule has 21 heavy (non-hydrogen) atoms. The van der Waals surface area contributed by atoms with Gasteiger partial charge in [0.1, 0.15) is 6.56 Å². The number of fused-ring (bicyclic) bond motifs is 1. The summed E-state index contributed by atoms with van der Waals surface area (Å²) in [5, 5.41) is -0.462. The van der Waals surface area contributed by atoms with Gasteiger partial charge >= 0.3 is 6.09 Å². The smallest absolute Gasteiger partial charge is 0.407 e. The average Bonchev–Trinajstić information content (AvgIpc) is 3.02. The standard InChI is InChI=1S/C16H21N3O2/c1-19(2)6-5-12-9-17-15-4-3-11(8-14(12)15)7-13-10-21-16(20)18-13/h3-4,8-9,13,17H,5-7,10H2,1-2H3,(H,18,20)/t13-/m0/s1/i3D,4D,7D2,8D,9D,10D2,13D/hD2. The molecule has 2 heterocycles. The average molecular weight is 298 g/mol. The number of benzene rings is 1. The predicted octanol–water partition coefficient (Wildman–Crippen LogP) is 1.92. The summed E-state index contributed by atoms with van der Waals surface area (Å²) in [7, 11) is 3.53. The molecule has 1 fully saturated rings. The Morgan fingerprint density at radius 3 is 3.24 bits per heavy atom. The number of alkyl carbamates (subject to hydrolysis) is 1. The van der Waals surface area contributed by atoms with E-state index < -0.39 is 48.7 Å². The molecule has 2 N–H and O–H groups in total. The van der Waals surface area contributed by atoms with E-state index in [4.69, 9.17) is 15.2 Å². The lowest BCUT2D eigenvalue weighted by atomic mass is 10.0. The van der Waals surface area contributed by atoms with Crippen molar-refractivity contribution in [2.75, 3.05) is 27.2 Å². The molecule has 2 aromatic rings. The van der Waals surface area contributed by atoms with Crippen molar-refractivity contribution in [3.8, 4) is 0 Å². The third-order valence-electron chi connectivity index (χ3n) is 2.89.